The fourth-order valence-corrected chi connectivity index (χ4v) is 3.75. The van der Waals surface area contributed by atoms with Crippen molar-refractivity contribution in [1.82, 2.24) is 9.88 Å². The van der Waals surface area contributed by atoms with Gasteiger partial charge in [-0.2, -0.15) is 0 Å². The lowest BCUT2D eigenvalue weighted by Gasteiger charge is -2.22. The SMILES string of the molecule is CN(C[C@H]1CCN(c2ccccc2)C1)C(=O)c1ccc2cccc(F)c2n1. The first-order valence-electron chi connectivity index (χ1n) is 9.22. The molecular formula is C22H22FN3O. The van der Waals surface area contributed by atoms with E-state index in [-0.39, 0.29) is 17.1 Å². The zero-order valence-corrected chi connectivity index (χ0v) is 15.3. The molecule has 5 heteroatoms. The highest BCUT2D eigenvalue weighted by Crippen LogP contribution is 2.24. The number of carbonyl (C=O) groups is 1. The van der Waals surface area contributed by atoms with E-state index in [0.29, 0.717) is 17.8 Å². The molecule has 0 bridgehead atoms. The van der Waals surface area contributed by atoms with E-state index in [1.165, 1.54) is 11.8 Å². The molecule has 1 aliphatic rings. The first kappa shape index (κ1) is 17.5. The molecule has 1 saturated heterocycles. The van der Waals surface area contributed by atoms with Crippen LogP contribution in [0.2, 0.25) is 0 Å². The second-order valence-corrected chi connectivity index (χ2v) is 7.13. The van der Waals surface area contributed by atoms with Gasteiger partial charge in [-0.1, -0.05) is 36.4 Å². The van der Waals surface area contributed by atoms with Crippen LogP contribution in [0.4, 0.5) is 10.1 Å². The van der Waals surface area contributed by atoms with Crippen molar-refractivity contribution in [2.24, 2.45) is 5.92 Å². The number of aromatic nitrogens is 1. The fourth-order valence-electron chi connectivity index (χ4n) is 3.75. The van der Waals surface area contributed by atoms with Crippen molar-refractivity contribution in [3.05, 3.63) is 72.2 Å². The molecule has 4 rings (SSSR count). The normalized spacial score (nSPS) is 16.7. The number of benzene rings is 2. The van der Waals surface area contributed by atoms with Gasteiger partial charge in [0.1, 0.15) is 17.0 Å². The summed E-state index contributed by atoms with van der Waals surface area (Å²) in [6.45, 7) is 2.59. The van der Waals surface area contributed by atoms with Crippen molar-refractivity contribution >= 4 is 22.5 Å². The predicted molar refractivity (Wildman–Crippen MR) is 105 cm³/mol. The Balaban J connectivity index is 1.43. The number of hydrogen-bond acceptors (Lipinski definition) is 3. The molecule has 1 fully saturated rings. The minimum atomic E-state index is -0.404. The Kier molecular flexibility index (Phi) is 4.75. The van der Waals surface area contributed by atoms with Crippen LogP contribution in [0.3, 0.4) is 0 Å². The minimum absolute atomic E-state index is 0.168. The van der Waals surface area contributed by atoms with Gasteiger partial charge in [-0.3, -0.25) is 4.79 Å². The molecule has 0 unspecified atom stereocenters. The topological polar surface area (TPSA) is 36.4 Å². The van der Waals surface area contributed by atoms with Crippen LogP contribution < -0.4 is 4.90 Å². The summed E-state index contributed by atoms with van der Waals surface area (Å²) in [4.78, 5) is 21.1. The van der Waals surface area contributed by atoms with E-state index in [1.54, 1.807) is 36.2 Å². The Hall–Kier alpha value is -2.95. The highest BCUT2D eigenvalue weighted by molar-refractivity contribution is 5.94. The third-order valence-electron chi connectivity index (χ3n) is 5.18. The van der Waals surface area contributed by atoms with Crippen molar-refractivity contribution in [2.45, 2.75) is 6.42 Å². The van der Waals surface area contributed by atoms with E-state index in [1.807, 2.05) is 18.2 Å². The molecule has 2 aromatic carbocycles. The van der Waals surface area contributed by atoms with Gasteiger partial charge in [-0.15, -0.1) is 0 Å². The Morgan fingerprint density at radius 3 is 2.78 bits per heavy atom. The summed E-state index contributed by atoms with van der Waals surface area (Å²) in [5.74, 6) is -0.159. The average molecular weight is 363 g/mol. The summed E-state index contributed by atoms with van der Waals surface area (Å²) in [6, 6.07) is 18.6. The summed E-state index contributed by atoms with van der Waals surface area (Å²) >= 11 is 0. The van der Waals surface area contributed by atoms with Crippen molar-refractivity contribution in [1.29, 1.82) is 0 Å². The first-order valence-corrected chi connectivity index (χ1v) is 9.22. The average Bonchev–Trinajstić information content (AvgIpc) is 3.16. The molecule has 138 valence electrons. The molecule has 0 radical (unpaired) electrons. The Bertz CT molecular complexity index is 960. The smallest absolute Gasteiger partial charge is 0.272 e. The van der Waals surface area contributed by atoms with Gasteiger partial charge in [0.05, 0.1) is 0 Å². The van der Waals surface area contributed by atoms with E-state index in [9.17, 15) is 9.18 Å². The van der Waals surface area contributed by atoms with Gasteiger partial charge >= 0.3 is 0 Å². The number of fused-ring (bicyclic) bond motifs is 1. The maximum atomic E-state index is 14.0. The third-order valence-corrected chi connectivity index (χ3v) is 5.18. The Morgan fingerprint density at radius 2 is 1.96 bits per heavy atom. The number of amides is 1. The number of hydrogen-bond donors (Lipinski definition) is 0. The van der Waals surface area contributed by atoms with Crippen LogP contribution in [0.15, 0.2) is 60.7 Å². The van der Waals surface area contributed by atoms with E-state index < -0.39 is 5.82 Å². The van der Waals surface area contributed by atoms with Gasteiger partial charge in [0.15, 0.2) is 0 Å². The molecule has 1 aliphatic heterocycles. The lowest BCUT2D eigenvalue weighted by Crippen LogP contribution is -2.33. The molecule has 0 spiro atoms. The summed E-state index contributed by atoms with van der Waals surface area (Å²) in [6.07, 6.45) is 1.05. The molecule has 0 N–H and O–H groups in total. The molecule has 1 amide bonds. The number of nitrogens with zero attached hydrogens (tertiary/aromatic N) is 3. The molecule has 0 saturated carbocycles. The number of pyridine rings is 1. The van der Waals surface area contributed by atoms with Crippen LogP contribution in [-0.4, -0.2) is 42.5 Å². The summed E-state index contributed by atoms with van der Waals surface area (Å²) < 4.78 is 14.0. The fraction of sp³-hybridized carbons (Fsp3) is 0.273. The van der Waals surface area contributed by atoms with E-state index >= 15 is 0 Å². The van der Waals surface area contributed by atoms with E-state index in [4.69, 9.17) is 0 Å². The molecule has 4 nitrogen and oxygen atoms in total. The van der Waals surface area contributed by atoms with Crippen molar-refractivity contribution in [3.8, 4) is 0 Å². The van der Waals surface area contributed by atoms with Crippen LogP contribution in [0, 0.1) is 11.7 Å². The number of anilines is 1. The van der Waals surface area contributed by atoms with Crippen LogP contribution in [-0.2, 0) is 0 Å². The maximum Gasteiger partial charge on any atom is 0.272 e. The van der Waals surface area contributed by atoms with Gasteiger partial charge in [0.25, 0.3) is 5.91 Å². The third kappa shape index (κ3) is 3.63. The Labute approximate surface area is 158 Å². The molecule has 27 heavy (non-hydrogen) atoms. The van der Waals surface area contributed by atoms with Crippen molar-refractivity contribution in [3.63, 3.8) is 0 Å². The number of para-hydroxylation sites is 2. The number of carbonyl (C=O) groups excluding carboxylic acids is 1. The summed E-state index contributed by atoms with van der Waals surface area (Å²) in [5.41, 5.74) is 1.75. The second kappa shape index (κ2) is 7.35. The minimum Gasteiger partial charge on any atom is -0.371 e. The molecule has 2 heterocycles. The van der Waals surface area contributed by atoms with Gasteiger partial charge in [0, 0.05) is 37.8 Å². The van der Waals surface area contributed by atoms with Crippen LogP contribution in [0.25, 0.3) is 10.9 Å². The predicted octanol–water partition coefficient (Wildman–Crippen LogP) is 3.97. The van der Waals surface area contributed by atoms with Gasteiger partial charge < -0.3 is 9.80 Å². The van der Waals surface area contributed by atoms with Crippen molar-refractivity contribution < 1.29 is 9.18 Å². The highest BCUT2D eigenvalue weighted by Gasteiger charge is 2.26. The van der Waals surface area contributed by atoms with Crippen LogP contribution >= 0.6 is 0 Å². The van der Waals surface area contributed by atoms with Crippen LogP contribution in [0.5, 0.6) is 0 Å². The monoisotopic (exact) mass is 363 g/mol. The molecular weight excluding hydrogens is 341 g/mol. The largest absolute Gasteiger partial charge is 0.371 e. The number of rotatable bonds is 4. The molecule has 1 atom stereocenters. The van der Waals surface area contributed by atoms with Crippen molar-refractivity contribution in [2.75, 3.05) is 31.6 Å². The zero-order chi connectivity index (χ0) is 18.8. The molecule has 3 aromatic rings. The zero-order valence-electron chi connectivity index (χ0n) is 15.3. The molecule has 1 aromatic heterocycles. The maximum absolute atomic E-state index is 14.0. The second-order valence-electron chi connectivity index (χ2n) is 7.13. The van der Waals surface area contributed by atoms with Crippen LogP contribution in [0.1, 0.15) is 16.9 Å². The number of halogens is 1. The summed E-state index contributed by atoms with van der Waals surface area (Å²) in [7, 11) is 1.79. The first-order chi connectivity index (χ1) is 13.1. The Morgan fingerprint density at radius 1 is 1.15 bits per heavy atom. The lowest BCUT2D eigenvalue weighted by molar-refractivity contribution is 0.0771. The standard InChI is InChI=1S/C22H22FN3O/c1-25(14-16-12-13-26(15-16)18-7-3-2-4-8-18)22(27)20-11-10-17-6-5-9-19(23)21(17)24-20/h2-11,16H,12-15H2,1H3/t16-/m1/s1. The lowest BCUT2D eigenvalue weighted by atomic mass is 10.1. The van der Waals surface area contributed by atoms with E-state index in [0.717, 1.165) is 19.5 Å². The van der Waals surface area contributed by atoms with Gasteiger partial charge in [-0.05, 0) is 36.6 Å². The van der Waals surface area contributed by atoms with E-state index in [2.05, 4.69) is 22.0 Å². The van der Waals surface area contributed by atoms with Gasteiger partial charge in [-0.25, -0.2) is 9.37 Å². The summed E-state index contributed by atoms with van der Waals surface area (Å²) in [5, 5.41) is 0.698. The highest BCUT2D eigenvalue weighted by atomic mass is 19.1. The quantitative estimate of drug-likeness (QED) is 0.704. The molecule has 0 aliphatic carbocycles. The van der Waals surface area contributed by atoms with Gasteiger partial charge in [0.2, 0.25) is 0 Å².